The fraction of sp³-hybridized carbons (Fsp3) is 0.417. The summed E-state index contributed by atoms with van der Waals surface area (Å²) in [6, 6.07) is 6.23. The summed E-state index contributed by atoms with van der Waals surface area (Å²) in [4.78, 5) is 0. The van der Waals surface area contributed by atoms with Gasteiger partial charge in [-0.1, -0.05) is 24.1 Å². The van der Waals surface area contributed by atoms with Crippen LogP contribution in [0.1, 0.15) is 30.9 Å². The van der Waals surface area contributed by atoms with Crippen LogP contribution in [-0.2, 0) is 0 Å². The molecule has 1 atom stereocenters. The van der Waals surface area contributed by atoms with E-state index in [0.29, 0.717) is 12.8 Å². The highest BCUT2D eigenvalue weighted by atomic mass is 35.5. The molecule has 16 heavy (non-hydrogen) atoms. The van der Waals surface area contributed by atoms with Crippen molar-refractivity contribution >= 4 is 11.6 Å². The second-order valence-corrected chi connectivity index (χ2v) is 4.63. The highest BCUT2D eigenvalue weighted by Gasteiger charge is 2.45. The van der Waals surface area contributed by atoms with Crippen molar-refractivity contribution in [3.63, 3.8) is 0 Å². The molecule has 1 aromatic carbocycles. The van der Waals surface area contributed by atoms with Gasteiger partial charge in [-0.15, -0.1) is 0 Å². The predicted octanol–water partition coefficient (Wildman–Crippen LogP) is 3.21. The molecule has 1 aliphatic carbocycles. The van der Waals surface area contributed by atoms with Crippen LogP contribution in [0, 0.1) is 22.6 Å². The molecule has 2 rings (SSSR count). The zero-order chi connectivity index (χ0) is 11.8. The molecular weight excluding hydrogens is 229 g/mol. The van der Waals surface area contributed by atoms with Crippen LogP contribution in [0.15, 0.2) is 18.2 Å². The molecule has 0 aliphatic heterocycles. The third-order valence-corrected chi connectivity index (χ3v) is 3.48. The first-order valence-corrected chi connectivity index (χ1v) is 5.51. The van der Waals surface area contributed by atoms with Crippen molar-refractivity contribution in [3.05, 3.63) is 34.6 Å². The van der Waals surface area contributed by atoms with E-state index in [-0.39, 0.29) is 10.6 Å². The Balaban J connectivity index is 2.34. The smallest absolute Gasteiger partial charge is 0.130 e. The lowest BCUT2D eigenvalue weighted by atomic mass is 9.64. The molecule has 0 spiro atoms. The number of nitrogens with zero attached hydrogens (tertiary/aromatic N) is 1. The largest absolute Gasteiger partial charge is 0.387 e. The molecule has 1 aliphatic rings. The number of aliphatic hydroxyl groups is 1. The number of benzene rings is 1. The van der Waals surface area contributed by atoms with Gasteiger partial charge in [-0.3, -0.25) is 0 Å². The number of aliphatic hydroxyl groups excluding tert-OH is 1. The van der Waals surface area contributed by atoms with Gasteiger partial charge in [-0.05, 0) is 25.0 Å². The predicted molar refractivity (Wildman–Crippen MR) is 58.3 cm³/mol. The highest BCUT2D eigenvalue weighted by molar-refractivity contribution is 6.30. The van der Waals surface area contributed by atoms with E-state index < -0.39 is 17.3 Å². The van der Waals surface area contributed by atoms with Crippen molar-refractivity contribution in [1.82, 2.24) is 0 Å². The Hall–Kier alpha value is -1.11. The van der Waals surface area contributed by atoms with E-state index in [1.807, 2.05) is 0 Å². The van der Waals surface area contributed by atoms with Crippen LogP contribution in [0.4, 0.5) is 4.39 Å². The van der Waals surface area contributed by atoms with E-state index in [2.05, 4.69) is 6.07 Å². The Labute approximate surface area is 98.3 Å². The van der Waals surface area contributed by atoms with Gasteiger partial charge in [0.15, 0.2) is 0 Å². The molecular formula is C12H11ClFNO. The first-order valence-electron chi connectivity index (χ1n) is 5.13. The van der Waals surface area contributed by atoms with Crippen LogP contribution in [-0.4, -0.2) is 5.11 Å². The zero-order valence-corrected chi connectivity index (χ0v) is 9.34. The number of nitriles is 1. The Morgan fingerprint density at radius 1 is 1.50 bits per heavy atom. The summed E-state index contributed by atoms with van der Waals surface area (Å²) in [5, 5.41) is 19.4. The fourth-order valence-corrected chi connectivity index (χ4v) is 2.18. The fourth-order valence-electron chi connectivity index (χ4n) is 2.02. The van der Waals surface area contributed by atoms with Crippen LogP contribution in [0.25, 0.3) is 0 Å². The van der Waals surface area contributed by atoms with E-state index in [0.717, 1.165) is 12.5 Å². The standard InChI is InChI=1S/C12H11ClFNO/c13-8-2-3-9(10(14)6-8)11(16)12(7-15)4-1-5-12/h2-3,6,11,16H,1,4-5H2. The minimum Gasteiger partial charge on any atom is -0.387 e. The number of rotatable bonds is 2. The zero-order valence-electron chi connectivity index (χ0n) is 8.58. The molecule has 1 aromatic rings. The van der Waals surface area contributed by atoms with Crippen molar-refractivity contribution in [1.29, 1.82) is 5.26 Å². The highest BCUT2D eigenvalue weighted by Crippen LogP contribution is 2.50. The van der Waals surface area contributed by atoms with Crippen LogP contribution in [0.3, 0.4) is 0 Å². The lowest BCUT2D eigenvalue weighted by molar-refractivity contribution is 0.00565. The molecule has 84 valence electrons. The summed E-state index contributed by atoms with van der Waals surface area (Å²) >= 11 is 5.63. The summed E-state index contributed by atoms with van der Waals surface area (Å²) < 4.78 is 13.6. The van der Waals surface area contributed by atoms with E-state index in [1.165, 1.54) is 12.1 Å². The molecule has 1 unspecified atom stereocenters. The molecule has 0 aromatic heterocycles. The first-order chi connectivity index (χ1) is 7.59. The van der Waals surface area contributed by atoms with Crippen LogP contribution < -0.4 is 0 Å². The maximum absolute atomic E-state index is 13.6. The van der Waals surface area contributed by atoms with Gasteiger partial charge in [0.1, 0.15) is 11.9 Å². The van der Waals surface area contributed by atoms with Crippen molar-refractivity contribution in [3.8, 4) is 6.07 Å². The van der Waals surface area contributed by atoms with Crippen molar-refractivity contribution in [2.24, 2.45) is 5.41 Å². The molecule has 0 saturated heterocycles. The summed E-state index contributed by atoms with van der Waals surface area (Å²) in [6.07, 6.45) is 1.07. The third-order valence-electron chi connectivity index (χ3n) is 3.25. The van der Waals surface area contributed by atoms with E-state index in [4.69, 9.17) is 16.9 Å². The van der Waals surface area contributed by atoms with Gasteiger partial charge < -0.3 is 5.11 Å². The van der Waals surface area contributed by atoms with Gasteiger partial charge in [0.25, 0.3) is 0 Å². The molecule has 1 fully saturated rings. The van der Waals surface area contributed by atoms with Gasteiger partial charge in [0.2, 0.25) is 0 Å². The lowest BCUT2D eigenvalue weighted by Crippen LogP contribution is -2.34. The van der Waals surface area contributed by atoms with Crippen LogP contribution >= 0.6 is 11.6 Å². The third kappa shape index (κ3) is 1.68. The van der Waals surface area contributed by atoms with E-state index in [1.54, 1.807) is 0 Å². The van der Waals surface area contributed by atoms with Crippen molar-refractivity contribution in [2.75, 3.05) is 0 Å². The Bertz CT molecular complexity index is 451. The Kier molecular flexibility index (Phi) is 2.88. The molecule has 2 nitrogen and oxygen atoms in total. The maximum atomic E-state index is 13.6. The summed E-state index contributed by atoms with van der Waals surface area (Å²) in [5.74, 6) is -0.554. The van der Waals surface area contributed by atoms with Crippen LogP contribution in [0.2, 0.25) is 5.02 Å². The molecule has 0 amide bonds. The Morgan fingerprint density at radius 3 is 2.62 bits per heavy atom. The average molecular weight is 240 g/mol. The topological polar surface area (TPSA) is 44.0 Å². The summed E-state index contributed by atoms with van der Waals surface area (Å²) in [7, 11) is 0. The van der Waals surface area contributed by atoms with Crippen molar-refractivity contribution < 1.29 is 9.50 Å². The monoisotopic (exact) mass is 239 g/mol. The molecule has 0 heterocycles. The van der Waals surface area contributed by atoms with Crippen molar-refractivity contribution in [2.45, 2.75) is 25.4 Å². The number of hydrogen-bond donors (Lipinski definition) is 1. The number of hydrogen-bond acceptors (Lipinski definition) is 2. The normalized spacial score (nSPS) is 19.6. The molecule has 4 heteroatoms. The summed E-state index contributed by atoms with van der Waals surface area (Å²) in [6.45, 7) is 0. The van der Waals surface area contributed by atoms with Gasteiger partial charge in [-0.2, -0.15) is 5.26 Å². The lowest BCUT2D eigenvalue weighted by Gasteiger charge is -2.39. The van der Waals surface area contributed by atoms with Gasteiger partial charge in [0.05, 0.1) is 11.5 Å². The molecule has 1 N–H and O–H groups in total. The average Bonchev–Trinajstić information content (AvgIpc) is 2.16. The maximum Gasteiger partial charge on any atom is 0.130 e. The molecule has 1 saturated carbocycles. The van der Waals surface area contributed by atoms with Gasteiger partial charge in [0, 0.05) is 10.6 Å². The molecule has 0 bridgehead atoms. The van der Waals surface area contributed by atoms with Gasteiger partial charge in [-0.25, -0.2) is 4.39 Å². The summed E-state index contributed by atoms with van der Waals surface area (Å²) in [5.41, 5.74) is -0.653. The second kappa shape index (κ2) is 4.04. The second-order valence-electron chi connectivity index (χ2n) is 4.19. The minimum atomic E-state index is -1.07. The minimum absolute atomic E-state index is 0.158. The SMILES string of the molecule is N#CC1(C(O)c2ccc(Cl)cc2F)CCC1. The van der Waals surface area contributed by atoms with Gasteiger partial charge >= 0.3 is 0 Å². The van der Waals surface area contributed by atoms with Crippen LogP contribution in [0.5, 0.6) is 0 Å². The van der Waals surface area contributed by atoms with E-state index in [9.17, 15) is 9.50 Å². The quantitative estimate of drug-likeness (QED) is 0.861. The van der Waals surface area contributed by atoms with E-state index >= 15 is 0 Å². The first kappa shape index (κ1) is 11.4. The number of halogens is 2. The molecule has 0 radical (unpaired) electrons. The Morgan fingerprint density at radius 2 is 2.19 bits per heavy atom.